The van der Waals surface area contributed by atoms with Crippen molar-refractivity contribution in [1.82, 2.24) is 19.5 Å². The fourth-order valence-electron chi connectivity index (χ4n) is 3.00. The van der Waals surface area contributed by atoms with E-state index in [0.29, 0.717) is 58.8 Å². The van der Waals surface area contributed by atoms with E-state index in [4.69, 9.17) is 28.6 Å². The minimum absolute atomic E-state index is 0.295. The van der Waals surface area contributed by atoms with Crippen LogP contribution in [-0.2, 0) is 4.74 Å². The average molecular weight is 390 g/mol. The Balaban J connectivity index is 1.90. The van der Waals surface area contributed by atoms with Gasteiger partial charge in [-0.15, -0.1) is 0 Å². The molecular formula is C17H16ClN5O2S. The number of aryl methyl sites for hydroxylation is 1. The SMILES string of the molecule is Cc1nc2nc(N3CCOCC3)[nH]c(=O)c2c(=S)n1-c1ccc(Cl)cc1. The third-order valence-corrected chi connectivity index (χ3v) is 4.93. The lowest BCUT2D eigenvalue weighted by molar-refractivity contribution is 0.122. The van der Waals surface area contributed by atoms with Gasteiger partial charge in [0, 0.05) is 23.8 Å². The smallest absolute Gasteiger partial charge is 0.264 e. The summed E-state index contributed by atoms with van der Waals surface area (Å²) in [5.74, 6) is 1.15. The predicted octanol–water partition coefficient (Wildman–Crippen LogP) is 2.64. The monoisotopic (exact) mass is 389 g/mol. The molecule has 134 valence electrons. The van der Waals surface area contributed by atoms with Crippen molar-refractivity contribution in [3.63, 3.8) is 0 Å². The molecule has 26 heavy (non-hydrogen) atoms. The average Bonchev–Trinajstić information content (AvgIpc) is 2.63. The molecule has 2 aromatic heterocycles. The molecule has 7 nitrogen and oxygen atoms in total. The third-order valence-electron chi connectivity index (χ3n) is 4.29. The number of nitrogens with zero attached hydrogens (tertiary/aromatic N) is 4. The lowest BCUT2D eigenvalue weighted by Gasteiger charge is -2.27. The van der Waals surface area contributed by atoms with Crippen LogP contribution in [0.15, 0.2) is 29.1 Å². The molecule has 4 rings (SSSR count). The summed E-state index contributed by atoms with van der Waals surface area (Å²) in [6.07, 6.45) is 0. The lowest BCUT2D eigenvalue weighted by atomic mass is 10.3. The van der Waals surface area contributed by atoms with E-state index in [1.807, 2.05) is 24.0 Å². The zero-order valence-electron chi connectivity index (χ0n) is 14.0. The first-order chi connectivity index (χ1) is 12.5. The quantitative estimate of drug-likeness (QED) is 0.679. The number of benzene rings is 1. The maximum Gasteiger partial charge on any atom is 0.264 e. The fraction of sp³-hybridized carbons (Fsp3) is 0.294. The second-order valence-electron chi connectivity index (χ2n) is 5.96. The molecule has 1 saturated heterocycles. The van der Waals surface area contributed by atoms with Gasteiger partial charge in [0.05, 0.1) is 13.2 Å². The standard InChI is InChI=1S/C17H16ClN5O2S/c1-10-19-14-13(16(26)23(10)12-4-2-11(18)3-5-12)15(24)21-17(20-14)22-6-8-25-9-7-22/h2-5H,6-9H2,1H3,(H,20,21,24). The zero-order valence-corrected chi connectivity index (χ0v) is 15.6. The number of rotatable bonds is 2. The Hall–Kier alpha value is -2.29. The van der Waals surface area contributed by atoms with Crippen LogP contribution in [0.5, 0.6) is 0 Å². The summed E-state index contributed by atoms with van der Waals surface area (Å²) in [6.45, 7) is 4.39. The number of hydrogen-bond acceptors (Lipinski definition) is 6. The van der Waals surface area contributed by atoms with Gasteiger partial charge < -0.3 is 9.64 Å². The van der Waals surface area contributed by atoms with Crippen molar-refractivity contribution in [1.29, 1.82) is 0 Å². The molecule has 1 aliphatic heterocycles. The van der Waals surface area contributed by atoms with E-state index in [9.17, 15) is 4.79 Å². The third kappa shape index (κ3) is 3.00. The Kier molecular flexibility index (Phi) is 4.47. The first kappa shape index (κ1) is 17.1. The fourth-order valence-corrected chi connectivity index (χ4v) is 3.55. The molecule has 0 amide bonds. The Morgan fingerprint density at radius 2 is 1.88 bits per heavy atom. The van der Waals surface area contributed by atoms with E-state index in [2.05, 4.69) is 15.0 Å². The molecule has 3 aromatic rings. The number of halogens is 1. The number of fused-ring (bicyclic) bond motifs is 1. The predicted molar refractivity (Wildman–Crippen MR) is 103 cm³/mol. The number of aromatic nitrogens is 4. The van der Waals surface area contributed by atoms with Gasteiger partial charge in [-0.2, -0.15) is 4.98 Å². The Bertz CT molecular complexity index is 1090. The molecular weight excluding hydrogens is 374 g/mol. The second kappa shape index (κ2) is 6.79. The summed E-state index contributed by atoms with van der Waals surface area (Å²) < 4.78 is 7.47. The summed E-state index contributed by atoms with van der Waals surface area (Å²) in [4.78, 5) is 26.6. The maximum atomic E-state index is 12.7. The van der Waals surface area contributed by atoms with E-state index in [1.54, 1.807) is 16.7 Å². The minimum atomic E-state index is -0.295. The van der Waals surface area contributed by atoms with Crippen LogP contribution in [0.4, 0.5) is 5.95 Å². The summed E-state index contributed by atoms with van der Waals surface area (Å²) in [6, 6.07) is 7.21. The van der Waals surface area contributed by atoms with E-state index in [-0.39, 0.29) is 5.56 Å². The Morgan fingerprint density at radius 3 is 2.58 bits per heavy atom. The molecule has 1 aromatic carbocycles. The van der Waals surface area contributed by atoms with E-state index < -0.39 is 0 Å². The highest BCUT2D eigenvalue weighted by molar-refractivity contribution is 7.71. The van der Waals surface area contributed by atoms with Gasteiger partial charge in [-0.1, -0.05) is 23.8 Å². The summed E-state index contributed by atoms with van der Waals surface area (Å²) in [7, 11) is 0. The van der Waals surface area contributed by atoms with Crippen molar-refractivity contribution in [3.05, 3.63) is 50.1 Å². The number of hydrogen-bond donors (Lipinski definition) is 1. The van der Waals surface area contributed by atoms with Crippen LogP contribution in [0.1, 0.15) is 5.82 Å². The highest BCUT2D eigenvalue weighted by Gasteiger charge is 2.17. The van der Waals surface area contributed by atoms with Crippen LogP contribution in [-0.4, -0.2) is 45.8 Å². The number of ether oxygens (including phenoxy) is 1. The normalized spacial score (nSPS) is 14.8. The Labute approximate surface area is 159 Å². The number of morpholine rings is 1. The van der Waals surface area contributed by atoms with Gasteiger partial charge in [0.1, 0.15) is 15.9 Å². The van der Waals surface area contributed by atoms with Gasteiger partial charge in [0.15, 0.2) is 5.65 Å². The van der Waals surface area contributed by atoms with Crippen molar-refractivity contribution in [3.8, 4) is 5.69 Å². The van der Waals surface area contributed by atoms with Gasteiger partial charge in [-0.3, -0.25) is 14.3 Å². The molecule has 1 N–H and O–H groups in total. The van der Waals surface area contributed by atoms with Crippen LogP contribution < -0.4 is 10.5 Å². The van der Waals surface area contributed by atoms with Crippen molar-refractivity contribution in [2.75, 3.05) is 31.2 Å². The van der Waals surface area contributed by atoms with Crippen molar-refractivity contribution in [2.45, 2.75) is 6.92 Å². The molecule has 0 aliphatic carbocycles. The summed E-state index contributed by atoms with van der Waals surface area (Å²) in [5.41, 5.74) is 0.850. The van der Waals surface area contributed by atoms with Gasteiger partial charge >= 0.3 is 0 Å². The number of anilines is 1. The maximum absolute atomic E-state index is 12.7. The first-order valence-electron chi connectivity index (χ1n) is 8.17. The van der Waals surface area contributed by atoms with Crippen LogP contribution in [0.25, 0.3) is 16.7 Å². The lowest BCUT2D eigenvalue weighted by Crippen LogP contribution is -2.38. The molecule has 9 heteroatoms. The number of H-pyrrole nitrogens is 1. The first-order valence-corrected chi connectivity index (χ1v) is 8.95. The second-order valence-corrected chi connectivity index (χ2v) is 6.79. The zero-order chi connectivity index (χ0) is 18.3. The van der Waals surface area contributed by atoms with Crippen molar-refractivity contribution in [2.24, 2.45) is 0 Å². The van der Waals surface area contributed by atoms with Gasteiger partial charge in [-0.05, 0) is 31.2 Å². The molecule has 0 unspecified atom stereocenters. The Morgan fingerprint density at radius 1 is 1.19 bits per heavy atom. The van der Waals surface area contributed by atoms with Crippen LogP contribution >= 0.6 is 23.8 Å². The van der Waals surface area contributed by atoms with E-state index >= 15 is 0 Å². The molecule has 0 saturated carbocycles. The van der Waals surface area contributed by atoms with E-state index in [0.717, 1.165) is 5.69 Å². The van der Waals surface area contributed by atoms with Crippen molar-refractivity contribution < 1.29 is 4.74 Å². The summed E-state index contributed by atoms with van der Waals surface area (Å²) in [5, 5.41) is 0.930. The topological polar surface area (TPSA) is 76.0 Å². The van der Waals surface area contributed by atoms with Crippen LogP contribution in [0, 0.1) is 11.6 Å². The van der Waals surface area contributed by atoms with E-state index in [1.165, 1.54) is 0 Å². The number of aromatic amines is 1. The summed E-state index contributed by atoms with van der Waals surface area (Å²) >= 11 is 11.5. The van der Waals surface area contributed by atoms with Gasteiger partial charge in [0.25, 0.3) is 5.56 Å². The molecule has 0 spiro atoms. The molecule has 0 atom stereocenters. The molecule has 0 bridgehead atoms. The molecule has 3 heterocycles. The van der Waals surface area contributed by atoms with Gasteiger partial charge in [-0.25, -0.2) is 4.98 Å². The number of nitrogens with one attached hydrogen (secondary N) is 1. The molecule has 0 radical (unpaired) electrons. The van der Waals surface area contributed by atoms with Crippen LogP contribution in [0.2, 0.25) is 5.02 Å². The minimum Gasteiger partial charge on any atom is -0.378 e. The van der Waals surface area contributed by atoms with Crippen LogP contribution in [0.3, 0.4) is 0 Å². The highest BCUT2D eigenvalue weighted by atomic mass is 35.5. The highest BCUT2D eigenvalue weighted by Crippen LogP contribution is 2.19. The molecule has 1 aliphatic rings. The van der Waals surface area contributed by atoms with Gasteiger partial charge in [0.2, 0.25) is 5.95 Å². The van der Waals surface area contributed by atoms with Crippen molar-refractivity contribution >= 4 is 40.8 Å². The largest absolute Gasteiger partial charge is 0.378 e. The molecule has 1 fully saturated rings.